The molecule has 0 aliphatic heterocycles. The summed E-state index contributed by atoms with van der Waals surface area (Å²) in [5.74, 6) is 1.21. The van der Waals surface area contributed by atoms with Gasteiger partial charge in [0.2, 0.25) is 5.91 Å². The van der Waals surface area contributed by atoms with Gasteiger partial charge in [-0.15, -0.1) is 10.2 Å². The normalized spacial score (nSPS) is 10.7. The molecule has 1 amide bonds. The van der Waals surface area contributed by atoms with E-state index < -0.39 is 5.82 Å². The molecule has 0 saturated carbocycles. The topological polar surface area (TPSA) is 78.3 Å². The number of aryl methyl sites for hydroxylation is 1. The molecule has 31 heavy (non-hydrogen) atoms. The van der Waals surface area contributed by atoms with Crippen molar-refractivity contribution in [3.05, 3.63) is 58.6 Å². The summed E-state index contributed by atoms with van der Waals surface area (Å²) in [5, 5.41) is 11.4. The van der Waals surface area contributed by atoms with E-state index >= 15 is 0 Å². The third-order valence-electron chi connectivity index (χ3n) is 4.22. The Morgan fingerprint density at radius 2 is 2.00 bits per heavy atom. The molecule has 0 spiro atoms. The van der Waals surface area contributed by atoms with E-state index in [-0.39, 0.29) is 23.3 Å². The number of rotatable bonds is 9. The first-order chi connectivity index (χ1) is 14.9. The van der Waals surface area contributed by atoms with Crippen molar-refractivity contribution >= 4 is 35.0 Å². The first-order valence-corrected chi connectivity index (χ1v) is 10.9. The molecule has 0 radical (unpaired) electrons. The molecule has 0 aliphatic rings. The summed E-state index contributed by atoms with van der Waals surface area (Å²) in [6, 6.07) is 9.73. The number of thioether (sulfide) groups is 1. The first kappa shape index (κ1) is 22.9. The van der Waals surface area contributed by atoms with Gasteiger partial charge in [-0.25, -0.2) is 4.39 Å². The monoisotopic (exact) mass is 464 g/mol. The lowest BCUT2D eigenvalue weighted by molar-refractivity contribution is -0.113. The summed E-state index contributed by atoms with van der Waals surface area (Å²) in [6.07, 6.45) is 0. The molecule has 3 rings (SSSR count). The number of nitrogens with zero attached hydrogens (tertiary/aromatic N) is 3. The number of ether oxygens (including phenoxy) is 2. The zero-order valence-corrected chi connectivity index (χ0v) is 18.9. The second-order valence-corrected chi connectivity index (χ2v) is 7.95. The van der Waals surface area contributed by atoms with Crippen molar-refractivity contribution in [1.82, 2.24) is 14.8 Å². The molecule has 7 nitrogen and oxygen atoms in total. The maximum Gasteiger partial charge on any atom is 0.234 e. The molecule has 0 atom stereocenters. The lowest BCUT2D eigenvalue weighted by atomic mass is 10.2. The Morgan fingerprint density at radius 1 is 1.19 bits per heavy atom. The average molecular weight is 465 g/mol. The van der Waals surface area contributed by atoms with Gasteiger partial charge >= 0.3 is 0 Å². The minimum Gasteiger partial charge on any atom is -0.490 e. The Morgan fingerprint density at radius 3 is 2.74 bits per heavy atom. The van der Waals surface area contributed by atoms with Crippen LogP contribution in [-0.2, 0) is 18.4 Å². The Balaban J connectivity index is 1.56. The minimum atomic E-state index is -0.540. The summed E-state index contributed by atoms with van der Waals surface area (Å²) in [5.41, 5.74) is 1.50. The molecule has 0 saturated heterocycles. The summed E-state index contributed by atoms with van der Waals surface area (Å²) < 4.78 is 26.5. The number of hydrogen-bond acceptors (Lipinski definition) is 6. The second-order valence-electron chi connectivity index (χ2n) is 6.60. The number of hydrogen-bond donors (Lipinski definition) is 1. The van der Waals surface area contributed by atoms with Crippen LogP contribution in [0.25, 0.3) is 0 Å². The quantitative estimate of drug-likeness (QED) is 0.465. The van der Waals surface area contributed by atoms with E-state index in [4.69, 9.17) is 21.1 Å². The van der Waals surface area contributed by atoms with E-state index in [0.29, 0.717) is 34.8 Å². The third kappa shape index (κ3) is 6.11. The molecule has 164 valence electrons. The van der Waals surface area contributed by atoms with Crippen LogP contribution in [0.15, 0.2) is 41.6 Å². The maximum absolute atomic E-state index is 13.2. The molecule has 2 aromatic carbocycles. The Bertz CT molecular complexity index is 1080. The number of nitrogens with one attached hydrogen (secondary N) is 1. The molecular weight excluding hydrogens is 443 g/mol. The molecular formula is C21H22ClFN4O3S. The van der Waals surface area contributed by atoms with E-state index in [1.165, 1.54) is 30.0 Å². The highest BCUT2D eigenvalue weighted by molar-refractivity contribution is 7.99. The Kier molecular flexibility index (Phi) is 7.75. The fraction of sp³-hybridized carbons (Fsp3) is 0.286. The van der Waals surface area contributed by atoms with Gasteiger partial charge in [0.25, 0.3) is 0 Å². The minimum absolute atomic E-state index is 0.0514. The van der Waals surface area contributed by atoms with Crippen molar-refractivity contribution in [3.63, 3.8) is 0 Å². The van der Waals surface area contributed by atoms with Gasteiger partial charge in [-0.3, -0.25) is 4.79 Å². The van der Waals surface area contributed by atoms with Crippen LogP contribution in [0, 0.1) is 12.7 Å². The number of halogens is 2. The number of benzene rings is 2. The van der Waals surface area contributed by atoms with Gasteiger partial charge in [0.1, 0.15) is 12.4 Å². The van der Waals surface area contributed by atoms with Gasteiger partial charge in [0, 0.05) is 12.7 Å². The lowest BCUT2D eigenvalue weighted by Gasteiger charge is -2.12. The van der Waals surface area contributed by atoms with Crippen LogP contribution in [0.1, 0.15) is 18.3 Å². The van der Waals surface area contributed by atoms with E-state index in [0.717, 1.165) is 5.56 Å². The summed E-state index contributed by atoms with van der Waals surface area (Å²) in [7, 11) is 1.80. The number of carbonyl (C=O) groups is 1. The van der Waals surface area contributed by atoms with E-state index in [1.807, 2.05) is 32.0 Å². The summed E-state index contributed by atoms with van der Waals surface area (Å²) in [4.78, 5) is 12.2. The standard InChI is InChI=1S/C21H22ClFN4O3S/c1-4-29-18-9-13(2)5-8-17(18)30-11-19-25-26-21(27(19)3)31-12-20(28)24-14-6-7-16(23)15(22)10-14/h5-10H,4,11-12H2,1-3H3,(H,24,28). The van der Waals surface area contributed by atoms with Gasteiger partial charge in [0.05, 0.1) is 17.4 Å². The zero-order valence-electron chi connectivity index (χ0n) is 17.3. The van der Waals surface area contributed by atoms with E-state index in [1.54, 1.807) is 11.6 Å². The SMILES string of the molecule is CCOc1cc(C)ccc1OCc1nnc(SCC(=O)Nc2ccc(F)c(Cl)c2)n1C. The summed E-state index contributed by atoms with van der Waals surface area (Å²) >= 11 is 6.96. The Hall–Kier alpha value is -2.78. The maximum atomic E-state index is 13.2. The van der Waals surface area contributed by atoms with Gasteiger partial charge in [0.15, 0.2) is 22.5 Å². The van der Waals surface area contributed by atoms with E-state index in [9.17, 15) is 9.18 Å². The number of aromatic nitrogens is 3. The molecule has 1 heterocycles. The lowest BCUT2D eigenvalue weighted by Crippen LogP contribution is -2.14. The van der Waals surface area contributed by atoms with Crippen LogP contribution in [-0.4, -0.2) is 33.0 Å². The fourth-order valence-corrected chi connectivity index (χ4v) is 3.55. The molecule has 0 unspecified atom stereocenters. The zero-order chi connectivity index (χ0) is 22.4. The van der Waals surface area contributed by atoms with Gasteiger partial charge in [-0.1, -0.05) is 29.4 Å². The van der Waals surface area contributed by atoms with Gasteiger partial charge in [-0.2, -0.15) is 0 Å². The molecule has 3 aromatic rings. The molecule has 0 aliphatic carbocycles. The predicted molar refractivity (Wildman–Crippen MR) is 118 cm³/mol. The summed E-state index contributed by atoms with van der Waals surface area (Å²) in [6.45, 7) is 4.64. The Labute approximate surface area is 188 Å². The first-order valence-electron chi connectivity index (χ1n) is 9.49. The fourth-order valence-electron chi connectivity index (χ4n) is 2.64. The van der Waals surface area contributed by atoms with Crippen LogP contribution < -0.4 is 14.8 Å². The van der Waals surface area contributed by atoms with Crippen molar-refractivity contribution in [2.45, 2.75) is 25.6 Å². The van der Waals surface area contributed by atoms with Crippen molar-refractivity contribution in [1.29, 1.82) is 0 Å². The molecule has 0 fully saturated rings. The average Bonchev–Trinajstić information content (AvgIpc) is 3.08. The second kappa shape index (κ2) is 10.5. The van der Waals surface area contributed by atoms with Crippen LogP contribution in [0.3, 0.4) is 0 Å². The van der Waals surface area contributed by atoms with Crippen LogP contribution in [0.5, 0.6) is 11.5 Å². The van der Waals surface area contributed by atoms with Crippen molar-refractivity contribution in [3.8, 4) is 11.5 Å². The van der Waals surface area contributed by atoms with Crippen molar-refractivity contribution in [2.24, 2.45) is 7.05 Å². The molecule has 1 aromatic heterocycles. The third-order valence-corrected chi connectivity index (χ3v) is 5.53. The molecule has 1 N–H and O–H groups in total. The molecule has 10 heteroatoms. The highest BCUT2D eigenvalue weighted by atomic mass is 35.5. The van der Waals surface area contributed by atoms with Crippen molar-refractivity contribution < 1.29 is 18.7 Å². The van der Waals surface area contributed by atoms with Crippen LogP contribution in [0.2, 0.25) is 5.02 Å². The largest absolute Gasteiger partial charge is 0.490 e. The van der Waals surface area contributed by atoms with Crippen molar-refractivity contribution in [2.75, 3.05) is 17.7 Å². The molecule has 0 bridgehead atoms. The van der Waals surface area contributed by atoms with Crippen LogP contribution in [0.4, 0.5) is 10.1 Å². The highest BCUT2D eigenvalue weighted by Crippen LogP contribution is 2.29. The highest BCUT2D eigenvalue weighted by Gasteiger charge is 2.14. The predicted octanol–water partition coefficient (Wildman–Crippen LogP) is 4.62. The van der Waals surface area contributed by atoms with Gasteiger partial charge in [-0.05, 0) is 49.7 Å². The number of amides is 1. The smallest absolute Gasteiger partial charge is 0.234 e. The van der Waals surface area contributed by atoms with Gasteiger partial charge < -0.3 is 19.4 Å². The number of anilines is 1. The van der Waals surface area contributed by atoms with Crippen LogP contribution >= 0.6 is 23.4 Å². The van der Waals surface area contributed by atoms with E-state index in [2.05, 4.69) is 15.5 Å². The number of carbonyl (C=O) groups excluding carboxylic acids is 1.